The third kappa shape index (κ3) is 3.72. The van der Waals surface area contributed by atoms with Crippen molar-refractivity contribution in [1.29, 1.82) is 0 Å². The molecule has 0 aromatic heterocycles. The van der Waals surface area contributed by atoms with Crippen molar-refractivity contribution in [3.8, 4) is 0 Å². The highest BCUT2D eigenvalue weighted by atomic mass is 16.6. The number of aliphatic hydroxyl groups excluding tert-OH is 1. The monoisotopic (exact) mass is 629 g/mol. The van der Waals surface area contributed by atoms with E-state index in [9.17, 15) is 19.8 Å². The van der Waals surface area contributed by atoms with Gasteiger partial charge in [0.25, 0.3) is 0 Å². The molecular formula is C34H47NO10. The van der Waals surface area contributed by atoms with Gasteiger partial charge in [-0.05, 0) is 31.0 Å². The van der Waals surface area contributed by atoms with Crippen LogP contribution < -0.4 is 0 Å². The summed E-state index contributed by atoms with van der Waals surface area (Å²) < 4.78 is 37.9. The fourth-order valence-corrected chi connectivity index (χ4v) is 12.2. The molecule has 6 aliphatic rings. The van der Waals surface area contributed by atoms with E-state index in [1.165, 1.54) is 6.92 Å². The Balaban J connectivity index is 1.50. The Bertz CT molecular complexity index is 1330. The summed E-state index contributed by atoms with van der Waals surface area (Å²) in [5, 5.41) is 24.8. The zero-order chi connectivity index (χ0) is 32.1. The van der Waals surface area contributed by atoms with Crippen LogP contribution in [-0.4, -0.2) is 123 Å². The van der Waals surface area contributed by atoms with Gasteiger partial charge in [-0.3, -0.25) is 9.69 Å². The summed E-state index contributed by atoms with van der Waals surface area (Å²) in [4.78, 5) is 29.3. The molecule has 2 N–H and O–H groups in total. The maximum Gasteiger partial charge on any atom is 0.338 e. The standard InChI is InChI=1S/C34H47NO10/c1-7-35-16-31(17-40-3)21(37)13-22(41-4)34-20-14-32(39)23(42-5)15-33(45-18(2)36,25(28(34)35)26(43-6)27(31)34)24(20)29(32)44-30(38)19-11-9-8-10-12-19/h8-12,20-29,37,39H,7,13-17H2,1-6H3/t20-,21-,22?,23+,24-,25+,26+,27-,28?,29-,31+,32-,33-,34+/m1/s1. The molecular weight excluding hydrogens is 582 g/mol. The fourth-order valence-electron chi connectivity index (χ4n) is 12.2. The molecule has 5 saturated carbocycles. The number of aliphatic hydroxyl groups is 2. The van der Waals surface area contributed by atoms with Crippen molar-refractivity contribution < 1.29 is 48.2 Å². The number of carbonyl (C=O) groups excluding carboxylic acids is 2. The van der Waals surface area contributed by atoms with Gasteiger partial charge in [-0.25, -0.2) is 4.79 Å². The highest BCUT2D eigenvalue weighted by Gasteiger charge is 2.90. The van der Waals surface area contributed by atoms with Crippen LogP contribution in [0, 0.1) is 34.5 Å². The van der Waals surface area contributed by atoms with Gasteiger partial charge in [0.05, 0.1) is 36.6 Å². The second-order valence-corrected chi connectivity index (χ2v) is 14.4. The highest BCUT2D eigenvalue weighted by molar-refractivity contribution is 5.89. The first-order valence-corrected chi connectivity index (χ1v) is 16.2. The van der Waals surface area contributed by atoms with Gasteiger partial charge < -0.3 is 38.6 Å². The number of hydrogen-bond acceptors (Lipinski definition) is 11. The van der Waals surface area contributed by atoms with Crippen molar-refractivity contribution in [2.75, 3.05) is 48.1 Å². The van der Waals surface area contributed by atoms with Crippen molar-refractivity contribution in [2.24, 2.45) is 34.5 Å². The molecule has 6 fully saturated rings. The number of esters is 2. The summed E-state index contributed by atoms with van der Waals surface area (Å²) >= 11 is 0. The number of piperidine rings is 1. The van der Waals surface area contributed by atoms with Gasteiger partial charge in [0.2, 0.25) is 0 Å². The average Bonchev–Trinajstić information content (AvgIpc) is 3.40. The minimum atomic E-state index is -1.55. The van der Waals surface area contributed by atoms with Gasteiger partial charge in [0.1, 0.15) is 17.3 Å². The van der Waals surface area contributed by atoms with Crippen LogP contribution >= 0.6 is 0 Å². The lowest BCUT2D eigenvalue weighted by Crippen LogP contribution is -2.79. The summed E-state index contributed by atoms with van der Waals surface area (Å²) in [6.07, 6.45) is -2.55. The Morgan fingerprint density at radius 2 is 1.71 bits per heavy atom. The number of fused-ring (bicyclic) bond motifs is 2. The summed E-state index contributed by atoms with van der Waals surface area (Å²) in [7, 11) is 6.58. The van der Waals surface area contributed by atoms with Gasteiger partial charge >= 0.3 is 11.9 Å². The van der Waals surface area contributed by atoms with Crippen molar-refractivity contribution in [3.05, 3.63) is 35.9 Å². The van der Waals surface area contributed by atoms with E-state index in [0.29, 0.717) is 31.7 Å². The van der Waals surface area contributed by atoms with Gasteiger partial charge in [0.15, 0.2) is 0 Å². The SMILES string of the molecule is CCN1C[C@]2(COC)[C@H](O)CC(OC)[C@]34C1[C@H]([C@H](OC)[C@H]23)[C@@]1(OC(C)=O)C[C@H](OC)[C@]2(O)C[C@@H]4[C@@H]1[C@H]2OC(=O)c1ccccc1. The Labute approximate surface area is 264 Å². The number of benzene rings is 1. The molecule has 1 aromatic carbocycles. The number of nitrogens with zero attached hydrogens (tertiary/aromatic N) is 1. The Morgan fingerprint density at radius 3 is 2.31 bits per heavy atom. The number of likely N-dealkylation sites (tertiary alicyclic amines) is 1. The van der Waals surface area contributed by atoms with E-state index >= 15 is 0 Å². The minimum Gasteiger partial charge on any atom is -0.458 e. The lowest BCUT2D eigenvalue weighted by molar-refractivity contribution is -0.300. The van der Waals surface area contributed by atoms with Crippen molar-refractivity contribution in [2.45, 2.75) is 80.9 Å². The van der Waals surface area contributed by atoms with Crippen LogP contribution in [0.2, 0.25) is 0 Å². The predicted molar refractivity (Wildman–Crippen MR) is 159 cm³/mol. The molecule has 5 aliphatic carbocycles. The Kier molecular flexibility index (Phi) is 7.48. The molecule has 7 bridgehead atoms. The summed E-state index contributed by atoms with van der Waals surface area (Å²) in [6.45, 7) is 5.08. The first kappa shape index (κ1) is 31.5. The number of carbonyl (C=O) groups is 2. The molecule has 11 nitrogen and oxygen atoms in total. The molecule has 45 heavy (non-hydrogen) atoms. The molecule has 1 heterocycles. The normalized spacial score (nSPS) is 49.1. The van der Waals surface area contributed by atoms with E-state index in [-0.39, 0.29) is 30.7 Å². The Hall–Kier alpha value is -2.12. The van der Waals surface area contributed by atoms with Gasteiger partial charge in [0, 0.05) is 89.4 Å². The maximum absolute atomic E-state index is 13.7. The number of methoxy groups -OCH3 is 4. The fraction of sp³-hybridized carbons (Fsp3) is 0.765. The number of hydrogen-bond donors (Lipinski definition) is 2. The third-order valence-electron chi connectivity index (χ3n) is 13.1. The zero-order valence-corrected chi connectivity index (χ0v) is 27.0. The van der Waals surface area contributed by atoms with Crippen molar-refractivity contribution in [1.82, 2.24) is 4.90 Å². The molecule has 1 aliphatic heterocycles. The lowest BCUT2D eigenvalue weighted by atomic mass is 9.42. The zero-order valence-electron chi connectivity index (χ0n) is 27.0. The van der Waals surface area contributed by atoms with Crippen LogP contribution in [0.5, 0.6) is 0 Å². The second kappa shape index (κ2) is 10.7. The van der Waals surface area contributed by atoms with Crippen molar-refractivity contribution >= 4 is 11.9 Å². The van der Waals surface area contributed by atoms with Crippen LogP contribution in [-0.2, 0) is 33.2 Å². The van der Waals surface area contributed by atoms with Gasteiger partial charge in [-0.15, -0.1) is 0 Å². The van der Waals surface area contributed by atoms with E-state index in [1.54, 1.807) is 52.7 Å². The van der Waals surface area contributed by atoms with Gasteiger partial charge in [-0.1, -0.05) is 25.1 Å². The smallest absolute Gasteiger partial charge is 0.338 e. The van der Waals surface area contributed by atoms with E-state index in [1.807, 2.05) is 6.07 Å². The van der Waals surface area contributed by atoms with E-state index in [0.717, 1.165) is 0 Å². The quantitative estimate of drug-likeness (QED) is 0.387. The molecule has 7 rings (SSSR count). The van der Waals surface area contributed by atoms with Crippen LogP contribution in [0.25, 0.3) is 0 Å². The first-order valence-electron chi connectivity index (χ1n) is 16.2. The van der Waals surface area contributed by atoms with E-state index < -0.39 is 76.3 Å². The van der Waals surface area contributed by atoms with Gasteiger partial charge in [-0.2, -0.15) is 0 Å². The third-order valence-corrected chi connectivity index (χ3v) is 13.1. The number of ether oxygens (including phenoxy) is 6. The molecule has 1 spiro atoms. The van der Waals surface area contributed by atoms with Crippen LogP contribution in [0.4, 0.5) is 0 Å². The molecule has 248 valence electrons. The van der Waals surface area contributed by atoms with Crippen LogP contribution in [0.3, 0.4) is 0 Å². The van der Waals surface area contributed by atoms with Crippen molar-refractivity contribution in [3.63, 3.8) is 0 Å². The summed E-state index contributed by atoms with van der Waals surface area (Å²) in [5.74, 6) is -2.55. The molecule has 11 heteroatoms. The molecule has 1 aromatic rings. The topological polar surface area (TPSA) is 133 Å². The first-order chi connectivity index (χ1) is 21.5. The van der Waals surface area contributed by atoms with Crippen LogP contribution in [0.15, 0.2) is 30.3 Å². The number of rotatable bonds is 9. The second-order valence-electron chi connectivity index (χ2n) is 14.4. The lowest BCUT2D eigenvalue weighted by Gasteiger charge is -2.70. The molecule has 2 unspecified atom stereocenters. The predicted octanol–water partition coefficient (Wildman–Crippen LogP) is 1.68. The molecule has 14 atom stereocenters. The highest BCUT2D eigenvalue weighted by Crippen LogP contribution is 2.80. The maximum atomic E-state index is 13.7. The molecule has 0 radical (unpaired) electrons. The Morgan fingerprint density at radius 1 is 1.00 bits per heavy atom. The largest absolute Gasteiger partial charge is 0.458 e. The van der Waals surface area contributed by atoms with Crippen LogP contribution in [0.1, 0.15) is 43.5 Å². The molecule has 1 saturated heterocycles. The minimum absolute atomic E-state index is 0.163. The molecule has 0 amide bonds. The average molecular weight is 630 g/mol. The summed E-state index contributed by atoms with van der Waals surface area (Å²) in [6, 6.07) is 8.56. The van der Waals surface area contributed by atoms with E-state index in [4.69, 9.17) is 28.4 Å². The van der Waals surface area contributed by atoms with E-state index in [2.05, 4.69) is 11.8 Å². The summed E-state index contributed by atoms with van der Waals surface area (Å²) in [5.41, 5.74) is -3.74.